The molecule has 1 saturated carbocycles. The maximum atomic E-state index is 5.12. The van der Waals surface area contributed by atoms with E-state index in [2.05, 4.69) is 10.2 Å². The van der Waals surface area contributed by atoms with Crippen molar-refractivity contribution >= 4 is 0 Å². The van der Waals surface area contributed by atoms with E-state index in [9.17, 15) is 0 Å². The van der Waals surface area contributed by atoms with E-state index in [-0.39, 0.29) is 0 Å². The van der Waals surface area contributed by atoms with Gasteiger partial charge in [-0.2, -0.15) is 0 Å². The molecule has 1 heterocycles. The Labute approximate surface area is 99.5 Å². The number of methoxy groups -OCH3 is 1. The molecule has 1 saturated heterocycles. The second-order valence-electron chi connectivity index (χ2n) is 5.31. The van der Waals surface area contributed by atoms with E-state index in [1.165, 1.54) is 51.7 Å². The van der Waals surface area contributed by atoms with Crippen molar-refractivity contribution in [2.75, 3.05) is 39.9 Å². The predicted molar refractivity (Wildman–Crippen MR) is 66.7 cm³/mol. The zero-order valence-electron chi connectivity index (χ0n) is 10.6. The largest absolute Gasteiger partial charge is 0.383 e. The normalized spacial score (nSPS) is 24.6. The second kappa shape index (κ2) is 6.58. The number of hydrogen-bond donors (Lipinski definition) is 1. The second-order valence-corrected chi connectivity index (χ2v) is 5.31. The van der Waals surface area contributed by atoms with Gasteiger partial charge in [0.05, 0.1) is 6.61 Å². The highest BCUT2D eigenvalue weighted by Gasteiger charge is 2.21. The summed E-state index contributed by atoms with van der Waals surface area (Å²) in [4.78, 5) is 2.52. The van der Waals surface area contributed by atoms with Gasteiger partial charge in [-0.1, -0.05) is 6.42 Å². The lowest BCUT2D eigenvalue weighted by Gasteiger charge is -2.34. The van der Waals surface area contributed by atoms with Crippen LogP contribution in [0.2, 0.25) is 0 Å². The molecule has 2 fully saturated rings. The highest BCUT2D eigenvalue weighted by Crippen LogP contribution is 2.25. The van der Waals surface area contributed by atoms with Gasteiger partial charge in [-0.15, -0.1) is 0 Å². The molecule has 0 unspecified atom stereocenters. The summed E-state index contributed by atoms with van der Waals surface area (Å²) >= 11 is 0. The first kappa shape index (κ1) is 12.3. The van der Waals surface area contributed by atoms with E-state index < -0.39 is 0 Å². The van der Waals surface area contributed by atoms with E-state index in [1.807, 2.05) is 0 Å². The number of hydrogen-bond acceptors (Lipinski definition) is 3. The molecule has 2 rings (SSSR count). The third-order valence-corrected chi connectivity index (χ3v) is 4.12. The Morgan fingerprint density at radius 1 is 1.19 bits per heavy atom. The summed E-state index contributed by atoms with van der Waals surface area (Å²) in [7, 11) is 1.78. The Bertz CT molecular complexity index is 186. The molecule has 0 bridgehead atoms. The standard InChI is InChI=1S/C13H26N2O/c1-16-10-9-15-7-5-13(6-8-15)14-11-12-3-2-4-12/h12-14H,2-11H2,1H3. The third-order valence-electron chi connectivity index (χ3n) is 4.12. The van der Waals surface area contributed by atoms with Crippen molar-refractivity contribution in [3.63, 3.8) is 0 Å². The third kappa shape index (κ3) is 3.72. The van der Waals surface area contributed by atoms with Gasteiger partial charge in [-0.25, -0.2) is 0 Å². The van der Waals surface area contributed by atoms with Crippen molar-refractivity contribution in [1.82, 2.24) is 10.2 Å². The molecule has 3 heteroatoms. The molecule has 0 spiro atoms. The van der Waals surface area contributed by atoms with Crippen molar-refractivity contribution in [2.45, 2.75) is 38.1 Å². The lowest BCUT2D eigenvalue weighted by atomic mass is 9.85. The Morgan fingerprint density at radius 3 is 2.50 bits per heavy atom. The molecule has 2 aliphatic rings. The molecule has 16 heavy (non-hydrogen) atoms. The first-order valence-corrected chi connectivity index (χ1v) is 6.83. The van der Waals surface area contributed by atoms with Crippen LogP contribution in [0.3, 0.4) is 0 Å². The zero-order valence-corrected chi connectivity index (χ0v) is 10.6. The number of likely N-dealkylation sites (tertiary alicyclic amines) is 1. The number of nitrogens with one attached hydrogen (secondary N) is 1. The maximum Gasteiger partial charge on any atom is 0.0589 e. The number of rotatable bonds is 6. The summed E-state index contributed by atoms with van der Waals surface area (Å²) in [5.74, 6) is 0.992. The van der Waals surface area contributed by atoms with Crippen molar-refractivity contribution in [2.24, 2.45) is 5.92 Å². The first-order chi connectivity index (χ1) is 7.88. The molecule has 94 valence electrons. The molecule has 0 aromatic heterocycles. The molecule has 0 atom stereocenters. The highest BCUT2D eigenvalue weighted by atomic mass is 16.5. The summed E-state index contributed by atoms with van der Waals surface area (Å²) in [6.07, 6.45) is 7.01. The van der Waals surface area contributed by atoms with Crippen LogP contribution in [-0.2, 0) is 4.74 Å². The Balaban J connectivity index is 1.53. The lowest BCUT2D eigenvalue weighted by molar-refractivity contribution is 0.124. The van der Waals surface area contributed by atoms with E-state index in [0.717, 1.165) is 25.1 Å². The van der Waals surface area contributed by atoms with Gasteiger partial charge in [0.2, 0.25) is 0 Å². The van der Waals surface area contributed by atoms with Crippen LogP contribution in [0.4, 0.5) is 0 Å². The fraction of sp³-hybridized carbons (Fsp3) is 1.00. The fourth-order valence-electron chi connectivity index (χ4n) is 2.61. The topological polar surface area (TPSA) is 24.5 Å². The molecule has 0 aromatic rings. The van der Waals surface area contributed by atoms with Gasteiger partial charge >= 0.3 is 0 Å². The predicted octanol–water partition coefficient (Wildman–Crippen LogP) is 1.49. The molecule has 1 aliphatic carbocycles. The minimum absolute atomic E-state index is 0.777. The van der Waals surface area contributed by atoms with E-state index in [4.69, 9.17) is 4.74 Å². The van der Waals surface area contributed by atoms with E-state index in [1.54, 1.807) is 7.11 Å². The number of piperidine rings is 1. The minimum Gasteiger partial charge on any atom is -0.383 e. The average Bonchev–Trinajstić information content (AvgIpc) is 2.26. The van der Waals surface area contributed by atoms with Crippen LogP contribution in [0.15, 0.2) is 0 Å². The SMILES string of the molecule is COCCN1CCC(NCC2CCC2)CC1. The molecule has 0 aromatic carbocycles. The van der Waals surface area contributed by atoms with Gasteiger partial charge in [-0.3, -0.25) is 0 Å². The Hall–Kier alpha value is -0.120. The van der Waals surface area contributed by atoms with Crippen molar-refractivity contribution in [3.8, 4) is 0 Å². The minimum atomic E-state index is 0.777. The number of nitrogens with zero attached hydrogens (tertiary/aromatic N) is 1. The molecule has 1 aliphatic heterocycles. The van der Waals surface area contributed by atoms with Crippen LogP contribution in [0.5, 0.6) is 0 Å². The first-order valence-electron chi connectivity index (χ1n) is 6.83. The van der Waals surface area contributed by atoms with Crippen molar-refractivity contribution < 1.29 is 4.74 Å². The van der Waals surface area contributed by atoms with Crippen LogP contribution in [0.1, 0.15) is 32.1 Å². The fourth-order valence-corrected chi connectivity index (χ4v) is 2.61. The Kier molecular flexibility index (Phi) is 5.07. The summed E-state index contributed by atoms with van der Waals surface area (Å²) in [5, 5.41) is 3.74. The lowest BCUT2D eigenvalue weighted by Crippen LogP contribution is -2.45. The maximum absolute atomic E-state index is 5.12. The van der Waals surface area contributed by atoms with Gasteiger partial charge in [0.25, 0.3) is 0 Å². The summed E-state index contributed by atoms with van der Waals surface area (Å²) < 4.78 is 5.12. The molecule has 0 radical (unpaired) electrons. The van der Waals surface area contributed by atoms with Gasteiger partial charge in [0, 0.05) is 19.7 Å². The summed E-state index contributed by atoms with van der Waals surface area (Å²) in [6, 6.07) is 0.777. The van der Waals surface area contributed by atoms with Crippen LogP contribution in [0.25, 0.3) is 0 Å². The molecule has 1 N–H and O–H groups in total. The van der Waals surface area contributed by atoms with Gasteiger partial charge in [0.15, 0.2) is 0 Å². The molecular formula is C13H26N2O. The van der Waals surface area contributed by atoms with Crippen LogP contribution >= 0.6 is 0 Å². The highest BCUT2D eigenvalue weighted by molar-refractivity contribution is 4.80. The van der Waals surface area contributed by atoms with Crippen LogP contribution in [0, 0.1) is 5.92 Å². The van der Waals surface area contributed by atoms with E-state index in [0.29, 0.717) is 0 Å². The van der Waals surface area contributed by atoms with Crippen molar-refractivity contribution in [3.05, 3.63) is 0 Å². The number of ether oxygens (including phenoxy) is 1. The van der Waals surface area contributed by atoms with E-state index >= 15 is 0 Å². The molecular weight excluding hydrogens is 200 g/mol. The van der Waals surface area contributed by atoms with Crippen molar-refractivity contribution in [1.29, 1.82) is 0 Å². The van der Waals surface area contributed by atoms with Gasteiger partial charge in [-0.05, 0) is 51.2 Å². The summed E-state index contributed by atoms with van der Waals surface area (Å²) in [6.45, 7) is 5.73. The average molecular weight is 226 g/mol. The van der Waals surface area contributed by atoms with Gasteiger partial charge < -0.3 is 15.0 Å². The monoisotopic (exact) mass is 226 g/mol. The van der Waals surface area contributed by atoms with Crippen LogP contribution in [-0.4, -0.2) is 50.8 Å². The summed E-state index contributed by atoms with van der Waals surface area (Å²) in [5.41, 5.74) is 0. The van der Waals surface area contributed by atoms with Gasteiger partial charge in [0.1, 0.15) is 0 Å². The van der Waals surface area contributed by atoms with Crippen LogP contribution < -0.4 is 5.32 Å². The zero-order chi connectivity index (χ0) is 11.2. The molecule has 3 nitrogen and oxygen atoms in total. The smallest absolute Gasteiger partial charge is 0.0589 e. The molecule has 0 amide bonds. The Morgan fingerprint density at radius 2 is 1.94 bits per heavy atom. The quantitative estimate of drug-likeness (QED) is 0.742.